The van der Waals surface area contributed by atoms with Crippen LogP contribution in [0.3, 0.4) is 0 Å². The number of hydrogen-bond acceptors (Lipinski definition) is 5. The van der Waals surface area contributed by atoms with Crippen molar-refractivity contribution in [1.82, 2.24) is 5.32 Å². The van der Waals surface area contributed by atoms with Crippen LogP contribution < -0.4 is 11.1 Å². The van der Waals surface area contributed by atoms with Gasteiger partial charge < -0.3 is 20.5 Å². The van der Waals surface area contributed by atoms with Gasteiger partial charge in [-0.15, -0.1) is 0 Å². The molecule has 3 N–H and O–H groups in total. The van der Waals surface area contributed by atoms with E-state index in [-0.39, 0.29) is 19.6 Å². The van der Waals surface area contributed by atoms with Crippen molar-refractivity contribution in [1.29, 1.82) is 0 Å². The van der Waals surface area contributed by atoms with Gasteiger partial charge in [-0.3, -0.25) is 4.79 Å². The van der Waals surface area contributed by atoms with Crippen LogP contribution in [0, 0.1) is 0 Å². The Hall–Kier alpha value is -2.57. The fourth-order valence-corrected chi connectivity index (χ4v) is 1.72. The summed E-state index contributed by atoms with van der Waals surface area (Å²) in [7, 11) is 0. The average Bonchev–Trinajstić information content (AvgIpc) is 2.53. The van der Waals surface area contributed by atoms with Crippen LogP contribution in [-0.2, 0) is 25.7 Å². The highest BCUT2D eigenvalue weighted by Gasteiger charge is 2.25. The third kappa shape index (κ3) is 7.85. The van der Waals surface area contributed by atoms with Gasteiger partial charge in [0.25, 0.3) is 0 Å². The Balaban J connectivity index is 2.52. The van der Waals surface area contributed by atoms with Gasteiger partial charge in [-0.05, 0) is 12.0 Å². The summed E-state index contributed by atoms with van der Waals surface area (Å²) in [5.41, 5.74) is 5.89. The molecule has 1 atom stereocenters. The summed E-state index contributed by atoms with van der Waals surface area (Å²) >= 11 is 0. The number of nitrogens with two attached hydrogens (primary N) is 1. The number of ether oxygens (including phenoxy) is 2. The Morgan fingerprint density at radius 1 is 1.17 bits per heavy atom. The molecule has 1 rings (SSSR count). The number of alkyl carbamates (subject to hydrolysis) is 1. The molecule has 7 nitrogen and oxygen atoms in total. The van der Waals surface area contributed by atoms with Crippen molar-refractivity contribution in [3.05, 3.63) is 35.9 Å². The van der Waals surface area contributed by atoms with Crippen LogP contribution in [0.25, 0.3) is 0 Å². The zero-order valence-corrected chi connectivity index (χ0v) is 13.1. The van der Waals surface area contributed by atoms with E-state index >= 15 is 0 Å². The van der Waals surface area contributed by atoms with Crippen molar-refractivity contribution in [2.45, 2.75) is 38.8 Å². The number of carbonyl (C=O) groups is 3. The van der Waals surface area contributed by atoms with Gasteiger partial charge in [0, 0.05) is 0 Å². The lowest BCUT2D eigenvalue weighted by molar-refractivity contribution is -0.148. The highest BCUT2D eigenvalue weighted by Crippen LogP contribution is 2.04. The van der Waals surface area contributed by atoms with Crippen LogP contribution in [0.4, 0.5) is 4.79 Å². The number of primary amides is 1. The molecular weight excluding hydrogens is 300 g/mol. The molecule has 126 valence electrons. The molecule has 0 aliphatic rings. The lowest BCUT2D eigenvalue weighted by Crippen LogP contribution is -2.44. The topological polar surface area (TPSA) is 108 Å². The van der Waals surface area contributed by atoms with E-state index in [1.54, 1.807) is 12.1 Å². The number of carbonyl (C=O) groups excluding carboxylic acids is 3. The predicted octanol–water partition coefficient (Wildman–Crippen LogP) is 1.50. The van der Waals surface area contributed by atoms with Gasteiger partial charge in [-0.1, -0.05) is 43.7 Å². The van der Waals surface area contributed by atoms with E-state index in [9.17, 15) is 14.4 Å². The number of unbranched alkanes of at least 4 members (excludes halogenated alkanes) is 1. The fraction of sp³-hybridized carbons (Fsp3) is 0.438. The lowest BCUT2D eigenvalue weighted by Gasteiger charge is -2.16. The Kier molecular flexibility index (Phi) is 8.20. The number of esters is 1. The molecule has 2 amide bonds. The van der Waals surface area contributed by atoms with Crippen molar-refractivity contribution < 1.29 is 23.9 Å². The number of rotatable bonds is 9. The maximum atomic E-state index is 12.0. The third-order valence-corrected chi connectivity index (χ3v) is 2.94. The van der Waals surface area contributed by atoms with Gasteiger partial charge in [0.2, 0.25) is 5.91 Å². The van der Waals surface area contributed by atoms with E-state index in [1.807, 2.05) is 25.1 Å². The number of nitrogens with one attached hydrogen (secondary N) is 1. The molecule has 0 aliphatic heterocycles. The first-order valence-corrected chi connectivity index (χ1v) is 7.45. The van der Waals surface area contributed by atoms with Gasteiger partial charge in [-0.2, -0.15) is 0 Å². The van der Waals surface area contributed by atoms with E-state index in [0.717, 1.165) is 12.0 Å². The molecular formula is C16H22N2O5. The normalized spacial score (nSPS) is 11.3. The van der Waals surface area contributed by atoms with Crippen LogP contribution in [0.2, 0.25) is 0 Å². The van der Waals surface area contributed by atoms with Gasteiger partial charge >= 0.3 is 12.1 Å². The molecule has 0 fully saturated rings. The van der Waals surface area contributed by atoms with Gasteiger partial charge in [0.15, 0.2) is 0 Å². The van der Waals surface area contributed by atoms with E-state index in [1.165, 1.54) is 0 Å². The molecule has 1 aromatic rings. The summed E-state index contributed by atoms with van der Waals surface area (Å²) in [4.78, 5) is 34.7. The largest absolute Gasteiger partial charge is 0.459 e. The van der Waals surface area contributed by atoms with Crippen molar-refractivity contribution in [3.63, 3.8) is 0 Å². The Bertz CT molecular complexity index is 518. The Labute approximate surface area is 135 Å². The van der Waals surface area contributed by atoms with Crippen molar-refractivity contribution >= 4 is 18.0 Å². The van der Waals surface area contributed by atoms with Crippen LogP contribution >= 0.6 is 0 Å². The second kappa shape index (κ2) is 10.2. The third-order valence-electron chi connectivity index (χ3n) is 2.94. The second-order valence-electron chi connectivity index (χ2n) is 4.95. The maximum Gasteiger partial charge on any atom is 0.407 e. The minimum absolute atomic E-state index is 0.0432. The Morgan fingerprint density at radius 2 is 1.87 bits per heavy atom. The van der Waals surface area contributed by atoms with Crippen molar-refractivity contribution in [2.75, 3.05) is 6.61 Å². The molecule has 1 aromatic carbocycles. The molecule has 0 heterocycles. The minimum Gasteiger partial charge on any atom is -0.459 e. The van der Waals surface area contributed by atoms with E-state index < -0.39 is 24.0 Å². The van der Waals surface area contributed by atoms with Gasteiger partial charge in [-0.25, -0.2) is 9.59 Å². The SMILES string of the molecule is CCCCOC(=O)NC(CC(N)=O)C(=O)OCc1ccccc1. The van der Waals surface area contributed by atoms with Gasteiger partial charge in [0.1, 0.15) is 12.6 Å². The number of benzene rings is 1. The summed E-state index contributed by atoms with van der Waals surface area (Å²) in [5.74, 6) is -1.46. The molecule has 0 radical (unpaired) electrons. The minimum atomic E-state index is -1.16. The molecule has 0 saturated carbocycles. The quantitative estimate of drug-likeness (QED) is 0.529. The van der Waals surface area contributed by atoms with Gasteiger partial charge in [0.05, 0.1) is 13.0 Å². The first-order valence-electron chi connectivity index (χ1n) is 7.45. The summed E-state index contributed by atoms with van der Waals surface area (Å²) in [5, 5.41) is 2.31. The summed E-state index contributed by atoms with van der Waals surface area (Å²) in [6.45, 7) is 2.24. The highest BCUT2D eigenvalue weighted by molar-refractivity contribution is 5.87. The smallest absolute Gasteiger partial charge is 0.407 e. The zero-order valence-electron chi connectivity index (χ0n) is 13.1. The number of hydrogen-bond donors (Lipinski definition) is 2. The van der Waals surface area contributed by atoms with E-state index in [2.05, 4.69) is 5.32 Å². The highest BCUT2D eigenvalue weighted by atomic mass is 16.6. The monoisotopic (exact) mass is 322 g/mol. The zero-order chi connectivity index (χ0) is 17.1. The first-order chi connectivity index (χ1) is 11.0. The summed E-state index contributed by atoms with van der Waals surface area (Å²) in [6.07, 6.45) is 0.460. The van der Waals surface area contributed by atoms with Crippen molar-refractivity contribution in [2.24, 2.45) is 5.73 Å². The molecule has 1 unspecified atom stereocenters. The summed E-state index contributed by atoms with van der Waals surface area (Å²) < 4.78 is 10.00. The lowest BCUT2D eigenvalue weighted by atomic mass is 10.2. The Morgan fingerprint density at radius 3 is 2.48 bits per heavy atom. The van der Waals surface area contributed by atoms with Crippen LogP contribution in [0.5, 0.6) is 0 Å². The van der Waals surface area contributed by atoms with Crippen LogP contribution in [0.1, 0.15) is 31.7 Å². The summed E-state index contributed by atoms with van der Waals surface area (Å²) in [6, 6.07) is 7.90. The average molecular weight is 322 g/mol. The van der Waals surface area contributed by atoms with E-state index in [0.29, 0.717) is 6.42 Å². The molecule has 0 saturated heterocycles. The molecule has 0 spiro atoms. The van der Waals surface area contributed by atoms with Crippen LogP contribution in [0.15, 0.2) is 30.3 Å². The standard InChI is InChI=1S/C16H22N2O5/c1-2-3-9-22-16(21)18-13(10-14(17)19)15(20)23-11-12-7-5-4-6-8-12/h4-8,13H,2-3,9-11H2,1H3,(H2,17,19)(H,18,21). The first kappa shape index (κ1) is 18.5. The molecule has 7 heteroatoms. The number of amides is 2. The maximum absolute atomic E-state index is 12.0. The van der Waals surface area contributed by atoms with E-state index in [4.69, 9.17) is 15.2 Å². The molecule has 23 heavy (non-hydrogen) atoms. The predicted molar refractivity (Wildman–Crippen MR) is 83.2 cm³/mol. The molecule has 0 aromatic heterocycles. The molecule has 0 bridgehead atoms. The molecule has 0 aliphatic carbocycles. The van der Waals surface area contributed by atoms with Crippen molar-refractivity contribution in [3.8, 4) is 0 Å². The fourth-order valence-electron chi connectivity index (χ4n) is 1.72. The van der Waals surface area contributed by atoms with Crippen LogP contribution in [-0.4, -0.2) is 30.6 Å². The second-order valence-corrected chi connectivity index (χ2v) is 4.95.